The van der Waals surface area contributed by atoms with Gasteiger partial charge in [0.2, 0.25) is 0 Å². The molecule has 0 aliphatic rings. The molecule has 0 aliphatic heterocycles. The van der Waals surface area contributed by atoms with Gasteiger partial charge in [0, 0.05) is 18.5 Å². The minimum Gasteiger partial charge on any atom is -0.379 e. The van der Waals surface area contributed by atoms with Gasteiger partial charge in [0.25, 0.3) is 0 Å². The van der Waals surface area contributed by atoms with Crippen molar-refractivity contribution in [1.82, 2.24) is 10.3 Å². The number of para-hydroxylation sites is 1. The third-order valence-corrected chi connectivity index (χ3v) is 4.24. The topological polar surface area (TPSA) is 34.1 Å². The Hall–Kier alpha value is -1.45. The molecule has 3 nitrogen and oxygen atoms in total. The van der Waals surface area contributed by atoms with Crippen molar-refractivity contribution in [3.8, 4) is 0 Å². The summed E-state index contributed by atoms with van der Waals surface area (Å²) >= 11 is 0. The smallest absolute Gasteiger partial charge is 0.0708 e. The fourth-order valence-electron chi connectivity index (χ4n) is 2.59. The van der Waals surface area contributed by atoms with Crippen molar-refractivity contribution in [2.24, 2.45) is 0 Å². The first kappa shape index (κ1) is 15.9. The van der Waals surface area contributed by atoms with Crippen LogP contribution in [0.15, 0.2) is 30.3 Å². The highest BCUT2D eigenvalue weighted by molar-refractivity contribution is 5.82. The van der Waals surface area contributed by atoms with E-state index >= 15 is 0 Å². The Morgan fingerprint density at radius 2 is 2.00 bits per heavy atom. The summed E-state index contributed by atoms with van der Waals surface area (Å²) < 4.78 is 5.51. The molecule has 0 fully saturated rings. The number of methoxy groups -OCH3 is 1. The fraction of sp³-hybridized carbons (Fsp3) is 0.500. The molecule has 1 unspecified atom stereocenters. The summed E-state index contributed by atoms with van der Waals surface area (Å²) in [5.41, 5.74) is 3.36. The van der Waals surface area contributed by atoms with Crippen LogP contribution in [0.4, 0.5) is 0 Å². The molecule has 0 aliphatic carbocycles. The molecule has 1 N–H and O–H groups in total. The highest BCUT2D eigenvalue weighted by Gasteiger charge is 2.20. The summed E-state index contributed by atoms with van der Waals surface area (Å²) in [5.74, 6) is 0. The van der Waals surface area contributed by atoms with Gasteiger partial charge in [-0.05, 0) is 58.4 Å². The monoisotopic (exact) mass is 286 g/mol. The molecule has 1 aromatic carbocycles. The molecule has 0 radical (unpaired) electrons. The van der Waals surface area contributed by atoms with E-state index in [2.05, 4.69) is 50.4 Å². The SMILES string of the molecule is CNC(CCC(C)(C)OC)c1cc(C)c2ccccc2n1. The number of pyridine rings is 1. The van der Waals surface area contributed by atoms with Gasteiger partial charge in [0.15, 0.2) is 0 Å². The molecule has 1 heterocycles. The second-order valence-corrected chi connectivity index (χ2v) is 6.22. The van der Waals surface area contributed by atoms with Crippen molar-refractivity contribution in [3.05, 3.63) is 41.6 Å². The van der Waals surface area contributed by atoms with Crippen molar-refractivity contribution in [2.75, 3.05) is 14.2 Å². The van der Waals surface area contributed by atoms with Crippen LogP contribution in [0.25, 0.3) is 10.9 Å². The Bertz CT molecular complexity index is 607. The molecule has 0 spiro atoms. The van der Waals surface area contributed by atoms with Crippen LogP contribution in [0.2, 0.25) is 0 Å². The van der Waals surface area contributed by atoms with E-state index in [4.69, 9.17) is 9.72 Å². The average molecular weight is 286 g/mol. The Labute approximate surface area is 127 Å². The molecule has 3 heteroatoms. The summed E-state index contributed by atoms with van der Waals surface area (Å²) in [6.07, 6.45) is 1.99. The average Bonchev–Trinajstić information content (AvgIpc) is 2.48. The number of hydrogen-bond donors (Lipinski definition) is 1. The first-order chi connectivity index (χ1) is 9.96. The van der Waals surface area contributed by atoms with Gasteiger partial charge in [0.1, 0.15) is 0 Å². The van der Waals surface area contributed by atoms with Crippen LogP contribution in [-0.4, -0.2) is 24.7 Å². The molecule has 1 aromatic heterocycles. The zero-order chi connectivity index (χ0) is 15.5. The molecule has 1 atom stereocenters. The van der Waals surface area contributed by atoms with E-state index in [-0.39, 0.29) is 11.6 Å². The standard InChI is InChI=1S/C18H26N2O/c1-13-12-17(20-15-9-7-6-8-14(13)15)16(19-4)10-11-18(2,3)21-5/h6-9,12,16,19H,10-11H2,1-5H3. The lowest BCUT2D eigenvalue weighted by atomic mass is 9.96. The number of aryl methyl sites for hydroxylation is 1. The van der Waals surface area contributed by atoms with E-state index in [9.17, 15) is 0 Å². The molecule has 0 saturated carbocycles. The summed E-state index contributed by atoms with van der Waals surface area (Å²) in [5, 5.41) is 4.62. The lowest BCUT2D eigenvalue weighted by Crippen LogP contribution is -2.26. The summed E-state index contributed by atoms with van der Waals surface area (Å²) in [7, 11) is 3.77. The number of nitrogens with one attached hydrogen (secondary N) is 1. The van der Waals surface area contributed by atoms with E-state index in [1.54, 1.807) is 7.11 Å². The third kappa shape index (κ3) is 3.80. The first-order valence-corrected chi connectivity index (χ1v) is 7.55. The second-order valence-electron chi connectivity index (χ2n) is 6.22. The van der Waals surface area contributed by atoms with Crippen molar-refractivity contribution < 1.29 is 4.74 Å². The van der Waals surface area contributed by atoms with Gasteiger partial charge in [-0.2, -0.15) is 0 Å². The lowest BCUT2D eigenvalue weighted by molar-refractivity contribution is 0.0117. The zero-order valence-electron chi connectivity index (χ0n) is 13.7. The van der Waals surface area contributed by atoms with Crippen LogP contribution >= 0.6 is 0 Å². The largest absolute Gasteiger partial charge is 0.379 e. The predicted octanol–water partition coefficient (Wildman–Crippen LogP) is 4.01. The maximum Gasteiger partial charge on any atom is 0.0708 e. The van der Waals surface area contributed by atoms with Gasteiger partial charge in [-0.15, -0.1) is 0 Å². The minimum absolute atomic E-state index is 0.0962. The van der Waals surface area contributed by atoms with Gasteiger partial charge in [-0.1, -0.05) is 18.2 Å². The fourth-order valence-corrected chi connectivity index (χ4v) is 2.59. The quantitative estimate of drug-likeness (QED) is 0.871. The Balaban J connectivity index is 2.26. The van der Waals surface area contributed by atoms with Crippen LogP contribution in [-0.2, 0) is 4.74 Å². The highest BCUT2D eigenvalue weighted by atomic mass is 16.5. The van der Waals surface area contributed by atoms with Gasteiger partial charge < -0.3 is 10.1 Å². The number of benzene rings is 1. The summed E-state index contributed by atoms with van der Waals surface area (Å²) in [6, 6.07) is 10.8. The number of rotatable bonds is 6. The van der Waals surface area contributed by atoms with Crippen molar-refractivity contribution in [1.29, 1.82) is 0 Å². The Kier molecular flexibility index (Phi) is 4.96. The van der Waals surface area contributed by atoms with Crippen molar-refractivity contribution >= 4 is 10.9 Å². The predicted molar refractivity (Wildman–Crippen MR) is 88.6 cm³/mol. The van der Waals surface area contributed by atoms with Crippen molar-refractivity contribution in [2.45, 2.75) is 45.3 Å². The van der Waals surface area contributed by atoms with E-state index in [1.165, 1.54) is 10.9 Å². The molecule has 2 aromatic rings. The summed E-state index contributed by atoms with van der Waals surface area (Å²) in [4.78, 5) is 4.83. The van der Waals surface area contributed by atoms with Crippen LogP contribution in [0.5, 0.6) is 0 Å². The molecule has 21 heavy (non-hydrogen) atoms. The zero-order valence-corrected chi connectivity index (χ0v) is 13.7. The number of fused-ring (bicyclic) bond motifs is 1. The molecule has 2 rings (SSSR count). The molecular weight excluding hydrogens is 260 g/mol. The number of aromatic nitrogens is 1. The molecule has 0 saturated heterocycles. The Morgan fingerprint density at radius 1 is 1.29 bits per heavy atom. The maximum atomic E-state index is 5.51. The maximum absolute atomic E-state index is 5.51. The number of ether oxygens (including phenoxy) is 1. The van der Waals surface area contributed by atoms with Gasteiger partial charge >= 0.3 is 0 Å². The minimum atomic E-state index is -0.0962. The van der Waals surface area contributed by atoms with Gasteiger partial charge in [-0.3, -0.25) is 4.98 Å². The van der Waals surface area contributed by atoms with Crippen LogP contribution < -0.4 is 5.32 Å². The lowest BCUT2D eigenvalue weighted by Gasteiger charge is -2.26. The molecular formula is C18H26N2O. The third-order valence-electron chi connectivity index (χ3n) is 4.24. The Morgan fingerprint density at radius 3 is 2.67 bits per heavy atom. The van der Waals surface area contributed by atoms with Crippen LogP contribution in [0, 0.1) is 6.92 Å². The molecule has 0 bridgehead atoms. The first-order valence-electron chi connectivity index (χ1n) is 7.55. The summed E-state index contributed by atoms with van der Waals surface area (Å²) in [6.45, 7) is 6.40. The van der Waals surface area contributed by atoms with Gasteiger partial charge in [-0.25, -0.2) is 0 Å². The molecule has 114 valence electrons. The van der Waals surface area contributed by atoms with Gasteiger partial charge in [0.05, 0.1) is 16.8 Å². The van der Waals surface area contributed by atoms with E-state index < -0.39 is 0 Å². The van der Waals surface area contributed by atoms with Crippen LogP contribution in [0.1, 0.15) is 44.0 Å². The van der Waals surface area contributed by atoms with E-state index in [1.807, 2.05) is 13.1 Å². The molecule has 0 amide bonds. The second kappa shape index (κ2) is 6.54. The van der Waals surface area contributed by atoms with Crippen LogP contribution in [0.3, 0.4) is 0 Å². The number of nitrogens with zero attached hydrogens (tertiary/aromatic N) is 1. The highest BCUT2D eigenvalue weighted by Crippen LogP contribution is 2.26. The number of hydrogen-bond acceptors (Lipinski definition) is 3. The van der Waals surface area contributed by atoms with E-state index in [0.29, 0.717) is 0 Å². The van der Waals surface area contributed by atoms with E-state index in [0.717, 1.165) is 24.1 Å². The normalized spacial score (nSPS) is 13.6. The van der Waals surface area contributed by atoms with Crippen molar-refractivity contribution in [3.63, 3.8) is 0 Å².